The Morgan fingerprint density at radius 2 is 1.81 bits per heavy atom. The van der Waals surface area contributed by atoms with E-state index >= 15 is 0 Å². The molecule has 4 rings (SSSR count). The van der Waals surface area contributed by atoms with Gasteiger partial charge < -0.3 is 15.2 Å². The second-order valence-electron chi connectivity index (χ2n) is 7.57. The first-order valence-electron chi connectivity index (χ1n) is 10.1. The Labute approximate surface area is 191 Å². The van der Waals surface area contributed by atoms with Crippen molar-refractivity contribution in [2.24, 2.45) is 0 Å². The number of hydrogen-bond donors (Lipinski definition) is 2. The van der Waals surface area contributed by atoms with Crippen molar-refractivity contribution in [2.75, 3.05) is 23.2 Å². The van der Waals surface area contributed by atoms with Crippen LogP contribution >= 0.6 is 11.6 Å². The van der Waals surface area contributed by atoms with E-state index in [-0.39, 0.29) is 26.6 Å². The lowest BCUT2D eigenvalue weighted by Crippen LogP contribution is -2.98. The first kappa shape index (κ1) is 22.3. The molecule has 0 fully saturated rings. The van der Waals surface area contributed by atoms with Gasteiger partial charge >= 0.3 is 0 Å². The van der Waals surface area contributed by atoms with Crippen LogP contribution in [0.5, 0.6) is 0 Å². The number of nitrogens with zero attached hydrogens (tertiary/aromatic N) is 1. The molecule has 1 unspecified atom stereocenters. The maximum atomic E-state index is 13.1. The van der Waals surface area contributed by atoms with Gasteiger partial charge in [-0.1, -0.05) is 29.8 Å². The Hall–Kier alpha value is -2.91. The second kappa shape index (κ2) is 8.91. The predicted molar refractivity (Wildman–Crippen MR) is 125 cm³/mol. The molecule has 0 aromatic heterocycles. The predicted octanol–water partition coefficient (Wildman–Crippen LogP) is 3.38. The average molecular weight is 472 g/mol. The Balaban J connectivity index is 1.53. The summed E-state index contributed by atoms with van der Waals surface area (Å²) in [6.45, 7) is 0.638. The van der Waals surface area contributed by atoms with Crippen LogP contribution in [0, 0.1) is 5.21 Å². The van der Waals surface area contributed by atoms with E-state index in [0.29, 0.717) is 17.8 Å². The molecule has 0 saturated carbocycles. The lowest BCUT2D eigenvalue weighted by atomic mass is 10.0. The second-order valence-corrected chi connectivity index (χ2v) is 9.66. The summed E-state index contributed by atoms with van der Waals surface area (Å²) in [4.78, 5) is 14.7. The van der Waals surface area contributed by atoms with E-state index in [1.807, 2.05) is 24.3 Å². The summed E-state index contributed by atoms with van der Waals surface area (Å²) in [7, 11) is -2.61. The molecule has 0 aliphatic carbocycles. The van der Waals surface area contributed by atoms with Crippen molar-refractivity contribution >= 4 is 44.6 Å². The highest BCUT2D eigenvalue weighted by Crippen LogP contribution is 2.29. The highest BCUT2D eigenvalue weighted by atomic mass is 35.5. The molecule has 1 aliphatic rings. The Bertz CT molecular complexity index is 1260. The van der Waals surface area contributed by atoms with Crippen LogP contribution in [0.1, 0.15) is 22.3 Å². The van der Waals surface area contributed by atoms with Gasteiger partial charge in [-0.2, -0.15) is 0 Å². The van der Waals surface area contributed by atoms with E-state index in [9.17, 15) is 18.4 Å². The fraction of sp³-hybridized carbons (Fsp3) is 0.174. The van der Waals surface area contributed by atoms with Gasteiger partial charge in [0.1, 0.15) is 5.02 Å². The third-order valence-corrected chi connectivity index (χ3v) is 7.08. The van der Waals surface area contributed by atoms with Crippen molar-refractivity contribution in [3.8, 4) is 0 Å². The van der Waals surface area contributed by atoms with Crippen LogP contribution < -0.4 is 14.7 Å². The molecule has 3 aromatic rings. The molecule has 166 valence electrons. The number of fused-ring (bicyclic) bond motifs is 1. The van der Waals surface area contributed by atoms with E-state index < -0.39 is 10.0 Å². The van der Waals surface area contributed by atoms with Crippen molar-refractivity contribution in [3.63, 3.8) is 0 Å². The van der Waals surface area contributed by atoms with Gasteiger partial charge in [-0.3, -0.25) is 9.52 Å². The normalized spacial score (nSPS) is 14.5. The lowest BCUT2D eigenvalue weighted by Gasteiger charge is -2.29. The molecule has 1 heterocycles. The number of halogens is 1. The van der Waals surface area contributed by atoms with Crippen molar-refractivity contribution in [1.82, 2.24) is 0 Å². The van der Waals surface area contributed by atoms with Gasteiger partial charge in [0.05, 0.1) is 11.9 Å². The number of aryl methyl sites for hydroxylation is 1. The Morgan fingerprint density at radius 3 is 2.53 bits per heavy atom. The summed E-state index contributed by atoms with van der Waals surface area (Å²) in [5, 5.41) is 11.5. The number of carbonyl (C=O) groups is 1. The maximum absolute atomic E-state index is 13.1. The van der Waals surface area contributed by atoms with Gasteiger partial charge in [0.25, 0.3) is 15.9 Å². The summed E-state index contributed by atoms with van der Waals surface area (Å²) in [6, 6.07) is 18.1. The first-order valence-corrected chi connectivity index (χ1v) is 12.0. The number of para-hydroxylation sites is 1. The SMILES string of the molecule is C[NH+]([O-])c1cc(S(=O)(=O)Nc2ccc(C(=O)N3CCCc4ccccc43)cc2)ccc1Cl. The zero-order chi connectivity index (χ0) is 22.9. The minimum absolute atomic E-state index is 0.0721. The van der Waals surface area contributed by atoms with Gasteiger partial charge in [0, 0.05) is 29.5 Å². The van der Waals surface area contributed by atoms with E-state index in [2.05, 4.69) is 4.72 Å². The Kier molecular flexibility index (Phi) is 6.21. The third-order valence-electron chi connectivity index (χ3n) is 5.37. The van der Waals surface area contributed by atoms with Crippen LogP contribution in [0.2, 0.25) is 5.02 Å². The molecule has 0 saturated heterocycles. The van der Waals surface area contributed by atoms with Gasteiger partial charge in [-0.25, -0.2) is 8.42 Å². The topological polar surface area (TPSA) is 94.0 Å². The van der Waals surface area contributed by atoms with Gasteiger partial charge in [-0.15, -0.1) is 0 Å². The molecule has 1 amide bonds. The van der Waals surface area contributed by atoms with E-state index in [1.54, 1.807) is 29.2 Å². The summed E-state index contributed by atoms with van der Waals surface area (Å²) in [5.74, 6) is -0.129. The van der Waals surface area contributed by atoms with E-state index in [4.69, 9.17) is 11.6 Å². The van der Waals surface area contributed by atoms with Crippen LogP contribution in [0.25, 0.3) is 0 Å². The molecule has 3 aromatic carbocycles. The smallest absolute Gasteiger partial charge is 0.262 e. The maximum Gasteiger partial charge on any atom is 0.262 e. The number of rotatable bonds is 5. The summed E-state index contributed by atoms with van der Waals surface area (Å²) >= 11 is 5.97. The fourth-order valence-corrected chi connectivity index (χ4v) is 5.07. The number of hydroxylamine groups is 1. The largest absolute Gasteiger partial charge is 0.629 e. The van der Waals surface area contributed by atoms with Gasteiger partial charge in [0.2, 0.25) is 0 Å². The number of nitrogens with one attached hydrogen (secondary N) is 2. The molecular formula is C23H22ClN3O4S. The highest BCUT2D eigenvalue weighted by molar-refractivity contribution is 7.92. The van der Waals surface area contributed by atoms with Crippen LogP contribution in [0.4, 0.5) is 17.1 Å². The fourth-order valence-electron chi connectivity index (χ4n) is 3.74. The molecule has 1 aliphatic heterocycles. The summed E-state index contributed by atoms with van der Waals surface area (Å²) in [6.07, 6.45) is 1.83. The van der Waals surface area contributed by atoms with Crippen molar-refractivity contribution in [1.29, 1.82) is 0 Å². The number of quaternary nitrogens is 1. The summed E-state index contributed by atoms with van der Waals surface area (Å²) in [5.41, 5.74) is 2.97. The standard InChI is InChI=1S/C23H22ClN3O4S/c1-26(29)22-15-19(12-13-20(22)24)32(30,31)25-18-10-8-17(9-11-18)23(28)27-14-4-6-16-5-2-3-7-21(16)27/h2-3,5,7-13,15,25-26H,4,6,14H2,1H3. The van der Waals surface area contributed by atoms with Crippen molar-refractivity contribution in [2.45, 2.75) is 17.7 Å². The van der Waals surface area contributed by atoms with Crippen molar-refractivity contribution in [3.05, 3.63) is 88.1 Å². The minimum Gasteiger partial charge on any atom is -0.629 e. The molecule has 2 N–H and O–H groups in total. The average Bonchev–Trinajstić information content (AvgIpc) is 2.78. The zero-order valence-electron chi connectivity index (χ0n) is 17.3. The minimum atomic E-state index is -3.94. The van der Waals surface area contributed by atoms with Crippen LogP contribution in [-0.4, -0.2) is 27.9 Å². The number of anilines is 2. The van der Waals surface area contributed by atoms with Gasteiger partial charge in [0.15, 0.2) is 5.69 Å². The van der Waals surface area contributed by atoms with Crippen LogP contribution in [-0.2, 0) is 16.4 Å². The molecule has 9 heteroatoms. The first-order chi connectivity index (χ1) is 15.3. The zero-order valence-corrected chi connectivity index (χ0v) is 18.9. The number of carbonyl (C=O) groups excluding carboxylic acids is 1. The number of hydrogen-bond acceptors (Lipinski definition) is 4. The van der Waals surface area contributed by atoms with E-state index in [1.165, 1.54) is 25.2 Å². The molecular weight excluding hydrogens is 450 g/mol. The quantitative estimate of drug-likeness (QED) is 0.558. The number of amides is 1. The Morgan fingerprint density at radius 1 is 1.09 bits per heavy atom. The molecule has 0 spiro atoms. The van der Waals surface area contributed by atoms with Crippen LogP contribution in [0.3, 0.4) is 0 Å². The molecule has 1 atom stereocenters. The van der Waals surface area contributed by atoms with Gasteiger partial charge in [-0.05, 0) is 60.9 Å². The summed E-state index contributed by atoms with van der Waals surface area (Å²) < 4.78 is 28.0. The monoisotopic (exact) mass is 471 g/mol. The number of benzene rings is 3. The van der Waals surface area contributed by atoms with Crippen molar-refractivity contribution < 1.29 is 18.3 Å². The molecule has 7 nitrogen and oxygen atoms in total. The third kappa shape index (κ3) is 4.49. The number of sulfonamides is 1. The van der Waals surface area contributed by atoms with E-state index in [0.717, 1.165) is 24.1 Å². The molecule has 32 heavy (non-hydrogen) atoms. The molecule has 0 bridgehead atoms. The lowest BCUT2D eigenvalue weighted by molar-refractivity contribution is -0.751. The molecule has 0 radical (unpaired) electrons. The van der Waals surface area contributed by atoms with Crippen LogP contribution in [0.15, 0.2) is 71.6 Å². The highest BCUT2D eigenvalue weighted by Gasteiger charge is 2.23.